The van der Waals surface area contributed by atoms with Gasteiger partial charge in [0.1, 0.15) is 12.2 Å². The first kappa shape index (κ1) is 21.1. The molecule has 1 aromatic carbocycles. The highest BCUT2D eigenvalue weighted by Crippen LogP contribution is 2.34. The summed E-state index contributed by atoms with van der Waals surface area (Å²) in [6, 6.07) is 9.13. The van der Waals surface area contributed by atoms with Crippen LogP contribution in [0.2, 0.25) is 0 Å². The lowest BCUT2D eigenvalue weighted by molar-refractivity contribution is 0.0164. The number of carbonyl (C=O) groups excluding carboxylic acids is 2. The molecule has 8 nitrogen and oxygen atoms in total. The SMILES string of the molecule is CCC(C)N1CC2COCc3c(C(=O)OC)c(=O)c(OCc4ccccc4)c(n32)C1=O. The average molecular weight is 426 g/mol. The highest BCUT2D eigenvalue weighted by molar-refractivity contribution is 5.99. The Morgan fingerprint density at radius 3 is 2.68 bits per heavy atom. The molecule has 0 aliphatic carbocycles. The lowest BCUT2D eigenvalue weighted by Crippen LogP contribution is -2.52. The maximum atomic E-state index is 13.5. The minimum atomic E-state index is -0.763. The Balaban J connectivity index is 1.91. The molecular weight excluding hydrogens is 400 g/mol. The van der Waals surface area contributed by atoms with Crippen LogP contribution in [0.5, 0.6) is 5.75 Å². The molecule has 2 aliphatic heterocycles. The molecule has 0 spiro atoms. The molecule has 2 atom stereocenters. The van der Waals surface area contributed by atoms with Crippen molar-refractivity contribution in [3.63, 3.8) is 0 Å². The summed E-state index contributed by atoms with van der Waals surface area (Å²) in [5, 5.41) is 0. The first-order valence-electron chi connectivity index (χ1n) is 10.4. The minimum absolute atomic E-state index is 0.0102. The van der Waals surface area contributed by atoms with E-state index in [-0.39, 0.29) is 48.2 Å². The minimum Gasteiger partial charge on any atom is -0.483 e. The van der Waals surface area contributed by atoms with Crippen molar-refractivity contribution in [2.45, 2.75) is 45.6 Å². The van der Waals surface area contributed by atoms with E-state index in [9.17, 15) is 14.4 Å². The molecule has 4 rings (SSSR count). The predicted octanol–water partition coefficient (Wildman–Crippen LogP) is 2.54. The Kier molecular flexibility index (Phi) is 5.82. The van der Waals surface area contributed by atoms with Crippen LogP contribution in [0.3, 0.4) is 0 Å². The molecule has 2 aliphatic rings. The molecule has 0 N–H and O–H groups in total. The number of benzene rings is 1. The van der Waals surface area contributed by atoms with Gasteiger partial charge in [-0.05, 0) is 18.9 Å². The molecule has 0 saturated heterocycles. The van der Waals surface area contributed by atoms with E-state index in [4.69, 9.17) is 14.2 Å². The highest BCUT2D eigenvalue weighted by atomic mass is 16.5. The van der Waals surface area contributed by atoms with E-state index in [1.807, 2.05) is 44.2 Å². The maximum absolute atomic E-state index is 13.5. The number of aromatic nitrogens is 1. The number of pyridine rings is 1. The fourth-order valence-corrected chi connectivity index (χ4v) is 4.18. The third-order valence-electron chi connectivity index (χ3n) is 5.99. The van der Waals surface area contributed by atoms with Crippen LogP contribution in [0.25, 0.3) is 0 Å². The van der Waals surface area contributed by atoms with Gasteiger partial charge in [-0.1, -0.05) is 37.3 Å². The monoisotopic (exact) mass is 426 g/mol. The summed E-state index contributed by atoms with van der Waals surface area (Å²) in [5.74, 6) is -1.15. The Morgan fingerprint density at radius 2 is 2.00 bits per heavy atom. The van der Waals surface area contributed by atoms with Gasteiger partial charge in [0.05, 0.1) is 32.1 Å². The van der Waals surface area contributed by atoms with Crippen molar-refractivity contribution in [2.75, 3.05) is 20.3 Å². The summed E-state index contributed by atoms with van der Waals surface area (Å²) in [6.45, 7) is 4.95. The molecule has 0 saturated carbocycles. The third kappa shape index (κ3) is 3.61. The van der Waals surface area contributed by atoms with Crippen molar-refractivity contribution in [2.24, 2.45) is 0 Å². The lowest BCUT2D eigenvalue weighted by Gasteiger charge is -2.42. The summed E-state index contributed by atoms with van der Waals surface area (Å²) in [5.41, 5.74) is 0.616. The van der Waals surface area contributed by atoms with Crippen molar-refractivity contribution >= 4 is 11.9 Å². The quantitative estimate of drug-likeness (QED) is 0.660. The number of carbonyl (C=O) groups is 2. The second-order valence-electron chi connectivity index (χ2n) is 7.85. The van der Waals surface area contributed by atoms with Gasteiger partial charge in [0.25, 0.3) is 5.91 Å². The van der Waals surface area contributed by atoms with Crippen molar-refractivity contribution < 1.29 is 23.8 Å². The molecule has 0 fully saturated rings. The van der Waals surface area contributed by atoms with Crippen LogP contribution in [0.4, 0.5) is 0 Å². The highest BCUT2D eigenvalue weighted by Gasteiger charge is 2.42. The van der Waals surface area contributed by atoms with Gasteiger partial charge in [0.2, 0.25) is 5.43 Å². The summed E-state index contributed by atoms with van der Waals surface area (Å²) in [4.78, 5) is 41.2. The van der Waals surface area contributed by atoms with E-state index in [1.165, 1.54) is 7.11 Å². The smallest absolute Gasteiger partial charge is 0.343 e. The summed E-state index contributed by atoms with van der Waals surface area (Å²) in [6.07, 6.45) is 0.775. The number of hydrogen-bond acceptors (Lipinski definition) is 6. The van der Waals surface area contributed by atoms with Gasteiger partial charge >= 0.3 is 5.97 Å². The number of amides is 1. The van der Waals surface area contributed by atoms with E-state index in [0.29, 0.717) is 18.8 Å². The molecule has 1 aromatic heterocycles. The Labute approximate surface area is 180 Å². The van der Waals surface area contributed by atoms with Crippen LogP contribution < -0.4 is 10.2 Å². The number of esters is 1. The molecule has 0 radical (unpaired) electrons. The zero-order chi connectivity index (χ0) is 22.1. The first-order chi connectivity index (χ1) is 15.0. The molecule has 31 heavy (non-hydrogen) atoms. The van der Waals surface area contributed by atoms with E-state index in [2.05, 4.69) is 0 Å². The molecule has 2 unspecified atom stereocenters. The normalized spacial score (nSPS) is 18.4. The molecule has 8 heteroatoms. The van der Waals surface area contributed by atoms with Gasteiger partial charge in [0.15, 0.2) is 11.4 Å². The third-order valence-corrected chi connectivity index (χ3v) is 5.99. The maximum Gasteiger partial charge on any atom is 0.343 e. The van der Waals surface area contributed by atoms with Crippen LogP contribution in [0, 0.1) is 0 Å². The Bertz CT molecular complexity index is 1060. The van der Waals surface area contributed by atoms with Crippen LogP contribution in [0.1, 0.15) is 58.4 Å². The van der Waals surface area contributed by atoms with Gasteiger partial charge in [-0.3, -0.25) is 9.59 Å². The zero-order valence-electron chi connectivity index (χ0n) is 17.9. The van der Waals surface area contributed by atoms with Gasteiger partial charge in [-0.15, -0.1) is 0 Å². The Hall–Kier alpha value is -3.13. The largest absolute Gasteiger partial charge is 0.483 e. The standard InChI is InChI=1S/C23H26N2O6/c1-4-14(2)24-10-16-12-30-13-17-18(23(28)29-3)20(26)21(19(22(24)27)25(16)17)31-11-15-8-6-5-7-9-15/h5-9,14,16H,4,10-13H2,1-3H3. The molecule has 0 bridgehead atoms. The van der Waals surface area contributed by atoms with Crippen molar-refractivity contribution in [1.82, 2.24) is 9.47 Å². The van der Waals surface area contributed by atoms with E-state index in [0.717, 1.165) is 12.0 Å². The number of nitrogens with zero attached hydrogens (tertiary/aromatic N) is 2. The van der Waals surface area contributed by atoms with Crippen LogP contribution in [0.15, 0.2) is 35.1 Å². The van der Waals surface area contributed by atoms with Crippen molar-refractivity contribution in [3.05, 3.63) is 63.1 Å². The molecular formula is C23H26N2O6. The average Bonchev–Trinajstić information content (AvgIpc) is 2.80. The van der Waals surface area contributed by atoms with Gasteiger partial charge in [0, 0.05) is 12.6 Å². The number of rotatable bonds is 6. The van der Waals surface area contributed by atoms with Gasteiger partial charge < -0.3 is 23.7 Å². The van der Waals surface area contributed by atoms with Crippen LogP contribution in [-0.4, -0.2) is 47.6 Å². The first-order valence-corrected chi connectivity index (χ1v) is 10.4. The number of hydrogen-bond donors (Lipinski definition) is 0. The van der Waals surface area contributed by atoms with Crippen molar-refractivity contribution in [3.8, 4) is 5.75 Å². The molecule has 2 aromatic rings. The van der Waals surface area contributed by atoms with Gasteiger partial charge in [-0.2, -0.15) is 0 Å². The second kappa shape index (κ2) is 8.55. The van der Waals surface area contributed by atoms with E-state index >= 15 is 0 Å². The second-order valence-corrected chi connectivity index (χ2v) is 7.85. The summed E-state index contributed by atoms with van der Waals surface area (Å²) >= 11 is 0. The molecule has 3 heterocycles. The number of ether oxygens (including phenoxy) is 3. The predicted molar refractivity (Wildman–Crippen MR) is 112 cm³/mol. The van der Waals surface area contributed by atoms with E-state index in [1.54, 1.807) is 9.47 Å². The van der Waals surface area contributed by atoms with Gasteiger partial charge in [-0.25, -0.2) is 4.79 Å². The fraction of sp³-hybridized carbons (Fsp3) is 0.435. The Morgan fingerprint density at radius 1 is 1.26 bits per heavy atom. The lowest BCUT2D eigenvalue weighted by atomic mass is 10.0. The summed E-state index contributed by atoms with van der Waals surface area (Å²) < 4.78 is 18.3. The summed E-state index contributed by atoms with van der Waals surface area (Å²) in [7, 11) is 1.22. The zero-order valence-corrected chi connectivity index (χ0v) is 17.9. The molecule has 1 amide bonds. The number of methoxy groups -OCH3 is 1. The molecule has 164 valence electrons. The van der Waals surface area contributed by atoms with Crippen LogP contribution in [-0.2, 0) is 22.7 Å². The topological polar surface area (TPSA) is 87.1 Å². The van der Waals surface area contributed by atoms with Crippen molar-refractivity contribution in [1.29, 1.82) is 0 Å². The van der Waals surface area contributed by atoms with E-state index < -0.39 is 11.4 Å². The van der Waals surface area contributed by atoms with Crippen LogP contribution >= 0.6 is 0 Å². The fourth-order valence-electron chi connectivity index (χ4n) is 4.18.